The van der Waals surface area contributed by atoms with Crippen molar-refractivity contribution in [1.82, 2.24) is 5.32 Å². The standard InChI is InChI=1S/C25H18F3N3O5/c1-2-36-15-6-4-14(5-7-15)31-24(34)16-8-3-13(11-17(16)25(31)35)23(33)29-12-20(32)30-19-10-9-18(26)21(27)22(19)28/h3-11H,2,12H2,1H3,(H,29,33)(H,30,32). The van der Waals surface area contributed by atoms with Crippen molar-refractivity contribution in [2.45, 2.75) is 6.92 Å². The van der Waals surface area contributed by atoms with Crippen molar-refractivity contribution in [3.63, 3.8) is 0 Å². The number of rotatable bonds is 7. The second-order valence-electron chi connectivity index (χ2n) is 7.59. The third-order valence-electron chi connectivity index (χ3n) is 5.27. The topological polar surface area (TPSA) is 105 Å². The van der Waals surface area contributed by atoms with E-state index in [0.29, 0.717) is 24.1 Å². The van der Waals surface area contributed by atoms with Crippen LogP contribution in [-0.4, -0.2) is 36.8 Å². The molecule has 0 bridgehead atoms. The fourth-order valence-electron chi connectivity index (χ4n) is 3.55. The monoisotopic (exact) mass is 497 g/mol. The highest BCUT2D eigenvalue weighted by Crippen LogP contribution is 2.30. The van der Waals surface area contributed by atoms with E-state index in [1.165, 1.54) is 18.2 Å². The fraction of sp³-hybridized carbons (Fsp3) is 0.120. The summed E-state index contributed by atoms with van der Waals surface area (Å²) in [6.07, 6.45) is 0. The van der Waals surface area contributed by atoms with Crippen LogP contribution in [-0.2, 0) is 4.79 Å². The van der Waals surface area contributed by atoms with E-state index in [1.807, 2.05) is 12.2 Å². The van der Waals surface area contributed by atoms with Crippen LogP contribution in [0.1, 0.15) is 38.0 Å². The second kappa shape index (κ2) is 9.90. The molecule has 0 radical (unpaired) electrons. The van der Waals surface area contributed by atoms with Gasteiger partial charge < -0.3 is 15.4 Å². The van der Waals surface area contributed by atoms with Crippen LogP contribution in [0.3, 0.4) is 0 Å². The maximum absolute atomic E-state index is 13.7. The smallest absolute Gasteiger partial charge is 0.266 e. The molecule has 0 unspecified atom stereocenters. The Bertz CT molecular complexity index is 1390. The van der Waals surface area contributed by atoms with Gasteiger partial charge in [-0.1, -0.05) is 0 Å². The number of imide groups is 1. The van der Waals surface area contributed by atoms with Crippen molar-refractivity contribution in [1.29, 1.82) is 0 Å². The molecule has 4 rings (SSSR count). The lowest BCUT2D eigenvalue weighted by Crippen LogP contribution is -2.33. The number of carbonyl (C=O) groups excluding carboxylic acids is 4. The summed E-state index contributed by atoms with van der Waals surface area (Å²) in [5, 5.41) is 4.30. The van der Waals surface area contributed by atoms with Gasteiger partial charge in [-0.05, 0) is 61.5 Å². The number of hydrogen-bond acceptors (Lipinski definition) is 5. The summed E-state index contributed by atoms with van der Waals surface area (Å²) in [5.41, 5.74) is -0.150. The van der Waals surface area contributed by atoms with Gasteiger partial charge in [-0.3, -0.25) is 19.2 Å². The summed E-state index contributed by atoms with van der Waals surface area (Å²) in [6.45, 7) is 1.66. The third kappa shape index (κ3) is 4.63. The van der Waals surface area contributed by atoms with Crippen LogP contribution in [0.4, 0.5) is 24.5 Å². The fourth-order valence-corrected chi connectivity index (χ4v) is 3.55. The number of benzene rings is 3. The van der Waals surface area contributed by atoms with Crippen LogP contribution in [0, 0.1) is 17.5 Å². The van der Waals surface area contributed by atoms with Crippen molar-refractivity contribution < 1.29 is 37.1 Å². The Kier molecular flexibility index (Phi) is 6.73. The van der Waals surface area contributed by atoms with E-state index in [4.69, 9.17) is 4.74 Å². The van der Waals surface area contributed by atoms with Crippen molar-refractivity contribution in [2.24, 2.45) is 0 Å². The summed E-state index contributed by atoms with van der Waals surface area (Å²) in [7, 11) is 0. The number of hydrogen-bond donors (Lipinski definition) is 2. The largest absolute Gasteiger partial charge is 0.494 e. The number of nitrogens with zero attached hydrogens (tertiary/aromatic N) is 1. The quantitative estimate of drug-likeness (QED) is 0.383. The minimum Gasteiger partial charge on any atom is -0.494 e. The number of halogens is 3. The normalized spacial score (nSPS) is 12.4. The molecule has 184 valence electrons. The average Bonchev–Trinajstić information content (AvgIpc) is 3.13. The Morgan fingerprint density at radius 3 is 2.28 bits per heavy atom. The molecule has 0 saturated heterocycles. The highest BCUT2D eigenvalue weighted by Gasteiger charge is 2.37. The molecule has 0 aliphatic carbocycles. The molecule has 8 nitrogen and oxygen atoms in total. The first-order valence-electron chi connectivity index (χ1n) is 10.7. The Labute approximate surface area is 202 Å². The molecule has 4 amide bonds. The molecule has 11 heteroatoms. The molecule has 0 saturated carbocycles. The lowest BCUT2D eigenvalue weighted by Gasteiger charge is -2.14. The summed E-state index contributed by atoms with van der Waals surface area (Å²) < 4.78 is 45.4. The van der Waals surface area contributed by atoms with E-state index in [9.17, 15) is 32.3 Å². The van der Waals surface area contributed by atoms with Gasteiger partial charge in [0.2, 0.25) is 5.91 Å². The Balaban J connectivity index is 1.43. The number of nitrogens with one attached hydrogen (secondary N) is 2. The van der Waals surface area contributed by atoms with Crippen LogP contribution in [0.15, 0.2) is 54.6 Å². The van der Waals surface area contributed by atoms with Gasteiger partial charge in [0, 0.05) is 5.56 Å². The lowest BCUT2D eigenvalue weighted by molar-refractivity contribution is -0.115. The number of anilines is 2. The molecule has 0 atom stereocenters. The zero-order chi connectivity index (χ0) is 26.0. The molecular formula is C25H18F3N3O5. The van der Waals surface area contributed by atoms with Crippen molar-refractivity contribution in [2.75, 3.05) is 23.4 Å². The van der Waals surface area contributed by atoms with E-state index in [-0.39, 0.29) is 16.7 Å². The Morgan fingerprint density at radius 2 is 1.58 bits per heavy atom. The zero-order valence-corrected chi connectivity index (χ0v) is 18.7. The van der Waals surface area contributed by atoms with Crippen LogP contribution in [0.5, 0.6) is 5.75 Å². The minimum atomic E-state index is -1.74. The first-order chi connectivity index (χ1) is 17.2. The van der Waals surface area contributed by atoms with Gasteiger partial charge in [0.1, 0.15) is 5.75 Å². The van der Waals surface area contributed by atoms with Crippen LogP contribution in [0.2, 0.25) is 0 Å². The maximum Gasteiger partial charge on any atom is 0.266 e. The molecule has 1 aliphatic rings. The summed E-state index contributed by atoms with van der Waals surface area (Å²) in [4.78, 5) is 51.2. The van der Waals surface area contributed by atoms with Gasteiger partial charge in [-0.25, -0.2) is 18.1 Å². The average molecular weight is 497 g/mol. The molecule has 1 aliphatic heterocycles. The number of fused-ring (bicyclic) bond motifs is 1. The van der Waals surface area contributed by atoms with Crippen LogP contribution >= 0.6 is 0 Å². The predicted octanol–water partition coefficient (Wildman–Crippen LogP) is 3.67. The number of carbonyl (C=O) groups is 4. The van der Waals surface area contributed by atoms with Gasteiger partial charge in [-0.2, -0.15) is 0 Å². The molecule has 2 N–H and O–H groups in total. The summed E-state index contributed by atoms with van der Waals surface area (Å²) in [6, 6.07) is 11.7. The van der Waals surface area contributed by atoms with Crippen molar-refractivity contribution in [3.8, 4) is 5.75 Å². The molecule has 0 aromatic heterocycles. The first-order valence-corrected chi connectivity index (χ1v) is 10.7. The SMILES string of the molecule is CCOc1ccc(N2C(=O)c3ccc(C(=O)NCC(=O)Nc4ccc(F)c(F)c4F)cc3C2=O)cc1. The van der Waals surface area contributed by atoms with E-state index >= 15 is 0 Å². The minimum absolute atomic E-state index is 0.00440. The summed E-state index contributed by atoms with van der Waals surface area (Å²) >= 11 is 0. The zero-order valence-electron chi connectivity index (χ0n) is 18.7. The molecular weight excluding hydrogens is 479 g/mol. The highest BCUT2D eigenvalue weighted by molar-refractivity contribution is 6.34. The molecule has 1 heterocycles. The van der Waals surface area contributed by atoms with E-state index in [1.54, 1.807) is 24.3 Å². The van der Waals surface area contributed by atoms with E-state index in [0.717, 1.165) is 11.0 Å². The highest BCUT2D eigenvalue weighted by atomic mass is 19.2. The van der Waals surface area contributed by atoms with Gasteiger partial charge in [0.25, 0.3) is 17.7 Å². The lowest BCUT2D eigenvalue weighted by atomic mass is 10.1. The van der Waals surface area contributed by atoms with Crippen LogP contribution < -0.4 is 20.3 Å². The van der Waals surface area contributed by atoms with Crippen LogP contribution in [0.25, 0.3) is 0 Å². The van der Waals surface area contributed by atoms with Gasteiger partial charge >= 0.3 is 0 Å². The molecule has 0 fully saturated rings. The van der Waals surface area contributed by atoms with Crippen molar-refractivity contribution in [3.05, 3.63) is 88.7 Å². The van der Waals surface area contributed by atoms with Gasteiger partial charge in [-0.15, -0.1) is 0 Å². The van der Waals surface area contributed by atoms with E-state index in [2.05, 4.69) is 5.32 Å². The number of ether oxygens (including phenoxy) is 1. The first kappa shape index (κ1) is 24.5. The molecule has 3 aromatic rings. The third-order valence-corrected chi connectivity index (χ3v) is 5.27. The summed E-state index contributed by atoms with van der Waals surface area (Å²) in [5.74, 6) is -6.99. The molecule has 3 aromatic carbocycles. The van der Waals surface area contributed by atoms with Gasteiger partial charge in [0.15, 0.2) is 17.5 Å². The van der Waals surface area contributed by atoms with E-state index < -0.39 is 53.3 Å². The Hall–Kier alpha value is -4.67. The molecule has 36 heavy (non-hydrogen) atoms. The van der Waals surface area contributed by atoms with Crippen molar-refractivity contribution >= 4 is 35.0 Å². The van der Waals surface area contributed by atoms with Gasteiger partial charge in [0.05, 0.1) is 35.7 Å². The number of amides is 4. The second-order valence-corrected chi connectivity index (χ2v) is 7.59. The predicted molar refractivity (Wildman–Crippen MR) is 122 cm³/mol. The Morgan fingerprint density at radius 1 is 0.889 bits per heavy atom. The maximum atomic E-state index is 13.7. The molecule has 0 spiro atoms.